The summed E-state index contributed by atoms with van der Waals surface area (Å²) in [7, 11) is 0. The third-order valence-electron chi connectivity index (χ3n) is 11.1. The van der Waals surface area contributed by atoms with Crippen LogP contribution in [-0.4, -0.2) is 3.21 Å². The summed E-state index contributed by atoms with van der Waals surface area (Å²) in [6.45, 7) is 14.4. The quantitative estimate of drug-likeness (QED) is 0.152. The first kappa shape index (κ1) is 35.6. The van der Waals surface area contributed by atoms with Crippen LogP contribution < -0.4 is 3.27 Å². The Balaban J connectivity index is 1.52. The van der Waals surface area contributed by atoms with Gasteiger partial charge in [0.25, 0.3) is 0 Å². The van der Waals surface area contributed by atoms with Crippen LogP contribution in [0.3, 0.4) is 0 Å². The van der Waals surface area contributed by atoms with E-state index in [1.54, 1.807) is 15.3 Å². The van der Waals surface area contributed by atoms with E-state index in [9.17, 15) is 0 Å². The van der Waals surface area contributed by atoms with Gasteiger partial charge in [0.2, 0.25) is 0 Å². The molecule has 0 N–H and O–H groups in total. The fraction of sp³-hybridized carbons (Fsp3) is 0.212. The van der Waals surface area contributed by atoms with Crippen molar-refractivity contribution in [2.75, 3.05) is 0 Å². The van der Waals surface area contributed by atoms with Gasteiger partial charge < -0.3 is 0 Å². The fourth-order valence-corrected chi connectivity index (χ4v) is 17.1. The van der Waals surface area contributed by atoms with Gasteiger partial charge in [0.05, 0.1) is 0 Å². The topological polar surface area (TPSA) is 0 Å². The van der Waals surface area contributed by atoms with Crippen LogP contribution in [0.2, 0.25) is 0 Å². The van der Waals surface area contributed by atoms with Crippen molar-refractivity contribution >= 4 is 6.48 Å². The predicted molar refractivity (Wildman–Crippen MR) is 225 cm³/mol. The second-order valence-corrected chi connectivity index (χ2v) is 23.0. The SMILES string of the molecule is CC(C)(C)c1cc2c(cc1-c1ccccc1)Cc1c-2cc(C(C)(C)C)c(-c2ccccc2)[c]1/[Zr]([C]1=CC=CC1)=[C](/Cc1ccccc1)c1ccccc1. The number of benzene rings is 6. The summed E-state index contributed by atoms with van der Waals surface area (Å²) in [5.41, 5.74) is 17.1. The van der Waals surface area contributed by atoms with Crippen LogP contribution >= 0.6 is 0 Å². The van der Waals surface area contributed by atoms with Gasteiger partial charge in [-0.1, -0.05) is 0 Å². The Labute approximate surface area is 325 Å². The van der Waals surface area contributed by atoms with Crippen LogP contribution in [0, 0.1) is 0 Å². The average Bonchev–Trinajstić information content (AvgIpc) is 3.83. The van der Waals surface area contributed by atoms with Gasteiger partial charge in [0.1, 0.15) is 0 Å². The number of fused-ring (bicyclic) bond motifs is 3. The van der Waals surface area contributed by atoms with Gasteiger partial charge in [-0.3, -0.25) is 0 Å². The molecule has 0 saturated heterocycles. The Bertz CT molecular complexity index is 2380. The van der Waals surface area contributed by atoms with E-state index < -0.39 is 21.3 Å². The van der Waals surface area contributed by atoms with Crippen molar-refractivity contribution < 1.29 is 21.3 Å². The predicted octanol–water partition coefficient (Wildman–Crippen LogP) is 12.7. The molecule has 0 aromatic heterocycles. The standard InChI is InChI=1S/C33H33.C14H12.C5H5.Zr/c1-32(2,3)30-20-26-24(18-28(30)22-13-9-7-10-14-22)17-25-19-29(23-15-11-8-12-16-23)31(21-27(25)26)33(4,5)6;1-3-7-13(8-4-1)11-12-14-9-5-2-6-10-14;1-2-4-5-3-1;/h7-16,18,20-21H,17H2,1-6H3;1-10H,11H2;1-3H,4H2;. The van der Waals surface area contributed by atoms with E-state index in [0.717, 1.165) is 19.3 Å². The first-order valence-electron chi connectivity index (χ1n) is 19.3. The van der Waals surface area contributed by atoms with Gasteiger partial charge in [-0.15, -0.1) is 0 Å². The molecule has 2 aliphatic rings. The molecular weight excluding hydrogens is 716 g/mol. The molecule has 8 rings (SSSR count). The zero-order chi connectivity index (χ0) is 36.7. The van der Waals surface area contributed by atoms with Crippen LogP contribution in [0.15, 0.2) is 161 Å². The molecule has 0 heterocycles. The average molecular weight is 766 g/mol. The van der Waals surface area contributed by atoms with E-state index >= 15 is 0 Å². The maximum atomic E-state index is 2.61. The van der Waals surface area contributed by atoms with Crippen molar-refractivity contribution in [3.63, 3.8) is 0 Å². The van der Waals surface area contributed by atoms with Crippen molar-refractivity contribution in [3.8, 4) is 33.4 Å². The third-order valence-corrected chi connectivity index (χ3v) is 18.8. The van der Waals surface area contributed by atoms with Crippen molar-refractivity contribution in [1.82, 2.24) is 0 Å². The minimum atomic E-state index is -2.94. The molecule has 0 nitrogen and oxygen atoms in total. The molecule has 0 atom stereocenters. The number of rotatable bonds is 7. The first-order valence-corrected chi connectivity index (χ1v) is 22.9. The van der Waals surface area contributed by atoms with E-state index in [1.807, 2.05) is 0 Å². The molecule has 2 aliphatic carbocycles. The molecule has 0 spiro atoms. The Morgan fingerprint density at radius 1 is 0.585 bits per heavy atom. The van der Waals surface area contributed by atoms with Gasteiger partial charge >= 0.3 is 327 Å². The van der Waals surface area contributed by atoms with Gasteiger partial charge in [-0.05, 0) is 0 Å². The molecule has 0 saturated carbocycles. The van der Waals surface area contributed by atoms with E-state index in [2.05, 4.69) is 199 Å². The van der Waals surface area contributed by atoms with Gasteiger partial charge in [0.15, 0.2) is 0 Å². The second-order valence-electron chi connectivity index (χ2n) is 16.9. The molecule has 6 aromatic rings. The third kappa shape index (κ3) is 7.02. The maximum absolute atomic E-state index is 2.94. The monoisotopic (exact) mass is 764 g/mol. The van der Waals surface area contributed by atoms with E-state index in [-0.39, 0.29) is 10.8 Å². The molecule has 0 unspecified atom stereocenters. The zero-order valence-corrected chi connectivity index (χ0v) is 34.6. The Hall–Kier alpha value is -4.45. The van der Waals surface area contributed by atoms with E-state index in [4.69, 9.17) is 0 Å². The van der Waals surface area contributed by atoms with Crippen LogP contribution in [0.5, 0.6) is 0 Å². The van der Waals surface area contributed by atoms with Gasteiger partial charge in [-0.25, -0.2) is 0 Å². The summed E-state index contributed by atoms with van der Waals surface area (Å²) in [4.78, 5) is 0. The van der Waals surface area contributed by atoms with Crippen molar-refractivity contribution in [3.05, 3.63) is 194 Å². The van der Waals surface area contributed by atoms with Gasteiger partial charge in [0, 0.05) is 0 Å². The number of allylic oxidation sites excluding steroid dienone is 4. The van der Waals surface area contributed by atoms with Crippen LogP contribution in [0.25, 0.3) is 33.4 Å². The molecule has 0 amide bonds. The summed E-state index contributed by atoms with van der Waals surface area (Å²) >= 11 is -2.94. The second kappa shape index (κ2) is 14.4. The van der Waals surface area contributed by atoms with Crippen molar-refractivity contribution in [1.29, 1.82) is 0 Å². The Kier molecular flexibility index (Phi) is 9.68. The normalized spacial score (nSPS) is 14.1. The zero-order valence-electron chi connectivity index (χ0n) is 32.1. The molecule has 0 bridgehead atoms. The first-order chi connectivity index (χ1) is 25.6. The summed E-state index contributed by atoms with van der Waals surface area (Å²) in [6, 6.07) is 52.8. The Morgan fingerprint density at radius 2 is 1.15 bits per heavy atom. The summed E-state index contributed by atoms with van der Waals surface area (Å²) in [5, 5.41) is 0. The molecular formula is C52H50Zr. The molecule has 0 aliphatic heterocycles. The summed E-state index contributed by atoms with van der Waals surface area (Å²) < 4.78 is 5.01. The van der Waals surface area contributed by atoms with Crippen LogP contribution in [-0.2, 0) is 44.9 Å². The number of hydrogen-bond donors (Lipinski definition) is 0. The summed E-state index contributed by atoms with van der Waals surface area (Å²) in [6.07, 6.45) is 10.2. The molecule has 1 heteroatoms. The molecule has 53 heavy (non-hydrogen) atoms. The van der Waals surface area contributed by atoms with E-state index in [1.165, 1.54) is 61.2 Å². The van der Waals surface area contributed by atoms with Gasteiger partial charge in [-0.2, -0.15) is 0 Å². The molecule has 0 fully saturated rings. The minimum absolute atomic E-state index is 0.00613. The molecule has 6 aromatic carbocycles. The Morgan fingerprint density at radius 3 is 1.74 bits per heavy atom. The van der Waals surface area contributed by atoms with Crippen LogP contribution in [0.1, 0.15) is 81.3 Å². The molecule has 0 radical (unpaired) electrons. The fourth-order valence-electron chi connectivity index (χ4n) is 8.54. The van der Waals surface area contributed by atoms with Crippen molar-refractivity contribution in [2.45, 2.75) is 71.6 Å². The van der Waals surface area contributed by atoms with Crippen LogP contribution in [0.4, 0.5) is 0 Å². The number of hydrogen-bond acceptors (Lipinski definition) is 0. The molecule has 262 valence electrons. The summed E-state index contributed by atoms with van der Waals surface area (Å²) in [5.74, 6) is 0. The van der Waals surface area contributed by atoms with Crippen molar-refractivity contribution in [2.24, 2.45) is 0 Å². The van der Waals surface area contributed by atoms with E-state index in [0.29, 0.717) is 0 Å².